The Bertz CT molecular complexity index is 1310. The van der Waals surface area contributed by atoms with E-state index >= 15 is 0 Å². The van der Waals surface area contributed by atoms with Crippen LogP contribution in [0.3, 0.4) is 0 Å². The van der Waals surface area contributed by atoms with Gasteiger partial charge in [0.2, 0.25) is 5.91 Å². The van der Waals surface area contributed by atoms with Crippen molar-refractivity contribution in [2.45, 2.75) is 32.9 Å². The highest BCUT2D eigenvalue weighted by Gasteiger charge is 2.14. The Morgan fingerprint density at radius 2 is 1.83 bits per heavy atom. The zero-order valence-corrected chi connectivity index (χ0v) is 22.2. The van der Waals surface area contributed by atoms with Crippen molar-refractivity contribution in [1.29, 1.82) is 0 Å². The summed E-state index contributed by atoms with van der Waals surface area (Å²) < 4.78 is 7.64. The zero-order chi connectivity index (χ0) is 24.9. The quantitative estimate of drug-likeness (QED) is 0.280. The van der Waals surface area contributed by atoms with Crippen LogP contribution >= 0.6 is 23.1 Å². The minimum absolute atomic E-state index is 0.132. The highest BCUT2D eigenvalue weighted by Crippen LogP contribution is 2.28. The molecule has 7 nitrogen and oxygen atoms in total. The average Bonchev–Trinajstić information content (AvgIpc) is 3.45. The van der Waals surface area contributed by atoms with Gasteiger partial charge in [-0.15, -0.1) is 21.5 Å². The Morgan fingerprint density at radius 1 is 1.09 bits per heavy atom. The van der Waals surface area contributed by atoms with Gasteiger partial charge in [-0.25, -0.2) is 4.98 Å². The van der Waals surface area contributed by atoms with E-state index in [0.29, 0.717) is 22.8 Å². The highest BCUT2D eigenvalue weighted by molar-refractivity contribution is 7.99. The number of carbonyl (C=O) groups is 1. The molecule has 1 amide bonds. The second-order valence-electron chi connectivity index (χ2n) is 8.77. The molecule has 0 aliphatic rings. The summed E-state index contributed by atoms with van der Waals surface area (Å²) >= 11 is 2.76. The van der Waals surface area contributed by atoms with E-state index in [9.17, 15) is 4.79 Å². The number of thiazole rings is 1. The van der Waals surface area contributed by atoms with Crippen molar-refractivity contribution in [3.8, 4) is 28.4 Å². The van der Waals surface area contributed by atoms with Crippen molar-refractivity contribution >= 4 is 34.1 Å². The smallest absolute Gasteiger partial charge is 0.236 e. The van der Waals surface area contributed by atoms with E-state index < -0.39 is 0 Å². The van der Waals surface area contributed by atoms with Crippen LogP contribution in [-0.4, -0.2) is 38.0 Å². The Labute approximate surface area is 214 Å². The van der Waals surface area contributed by atoms with E-state index in [1.807, 2.05) is 41.3 Å². The summed E-state index contributed by atoms with van der Waals surface area (Å²) in [5, 5.41) is 14.7. The molecule has 0 saturated carbocycles. The number of carbonyl (C=O) groups excluding carboxylic acids is 1. The summed E-state index contributed by atoms with van der Waals surface area (Å²) in [6, 6.07) is 14.1. The number of hydrogen-bond donors (Lipinski definition) is 1. The fraction of sp³-hybridized carbons (Fsp3) is 0.308. The van der Waals surface area contributed by atoms with Crippen molar-refractivity contribution in [3.05, 3.63) is 59.0 Å². The molecule has 35 heavy (non-hydrogen) atoms. The molecule has 182 valence electrons. The van der Waals surface area contributed by atoms with Crippen LogP contribution < -0.4 is 10.1 Å². The third kappa shape index (κ3) is 6.29. The number of nitrogens with zero attached hydrogens (tertiary/aromatic N) is 4. The fourth-order valence-corrected chi connectivity index (χ4v) is 4.75. The molecular formula is C26H29N5O2S2. The lowest BCUT2D eigenvalue weighted by Gasteiger charge is -2.09. The van der Waals surface area contributed by atoms with Crippen LogP contribution in [0.4, 0.5) is 5.13 Å². The van der Waals surface area contributed by atoms with Gasteiger partial charge in [0.25, 0.3) is 0 Å². The van der Waals surface area contributed by atoms with Gasteiger partial charge in [0.1, 0.15) is 5.75 Å². The number of aryl methyl sites for hydroxylation is 2. The third-order valence-electron chi connectivity index (χ3n) is 5.42. The minimum Gasteiger partial charge on any atom is -0.493 e. The molecule has 2 aromatic carbocycles. The number of ether oxygens (including phenoxy) is 1. The van der Waals surface area contributed by atoms with Gasteiger partial charge in [-0.2, -0.15) is 0 Å². The van der Waals surface area contributed by atoms with Crippen molar-refractivity contribution in [1.82, 2.24) is 19.7 Å². The van der Waals surface area contributed by atoms with E-state index in [1.54, 1.807) is 0 Å². The maximum atomic E-state index is 12.5. The van der Waals surface area contributed by atoms with Crippen molar-refractivity contribution in [3.63, 3.8) is 0 Å². The second kappa shape index (κ2) is 11.0. The molecule has 0 spiro atoms. The molecule has 0 atom stereocenters. The third-order valence-corrected chi connectivity index (χ3v) is 7.19. The summed E-state index contributed by atoms with van der Waals surface area (Å²) in [6.45, 7) is 9.09. The maximum Gasteiger partial charge on any atom is 0.236 e. The van der Waals surface area contributed by atoms with E-state index in [-0.39, 0.29) is 11.7 Å². The molecule has 4 aromatic rings. The van der Waals surface area contributed by atoms with E-state index in [2.05, 4.69) is 66.4 Å². The minimum atomic E-state index is -0.132. The number of rotatable bonds is 9. The van der Waals surface area contributed by atoms with Gasteiger partial charge in [0.15, 0.2) is 16.1 Å². The van der Waals surface area contributed by atoms with Gasteiger partial charge in [-0.1, -0.05) is 37.7 Å². The van der Waals surface area contributed by atoms with Gasteiger partial charge >= 0.3 is 0 Å². The maximum absolute atomic E-state index is 12.5. The van der Waals surface area contributed by atoms with Crippen LogP contribution in [0, 0.1) is 19.8 Å². The lowest BCUT2D eigenvalue weighted by atomic mass is 10.1. The summed E-state index contributed by atoms with van der Waals surface area (Å²) in [6.07, 6.45) is 0. The lowest BCUT2D eigenvalue weighted by Crippen LogP contribution is -2.14. The van der Waals surface area contributed by atoms with E-state index in [4.69, 9.17) is 4.74 Å². The lowest BCUT2D eigenvalue weighted by molar-refractivity contribution is -0.113. The van der Waals surface area contributed by atoms with Gasteiger partial charge in [-0.05, 0) is 61.2 Å². The number of aromatic nitrogens is 4. The largest absolute Gasteiger partial charge is 0.493 e. The molecule has 0 radical (unpaired) electrons. The monoisotopic (exact) mass is 507 g/mol. The van der Waals surface area contributed by atoms with Gasteiger partial charge in [0, 0.05) is 23.6 Å². The molecule has 0 saturated heterocycles. The molecule has 2 heterocycles. The Kier molecular flexibility index (Phi) is 7.87. The van der Waals surface area contributed by atoms with E-state index in [0.717, 1.165) is 28.4 Å². The summed E-state index contributed by atoms with van der Waals surface area (Å²) in [7, 11) is 1.90. The van der Waals surface area contributed by atoms with Crippen molar-refractivity contribution in [2.75, 3.05) is 17.7 Å². The summed E-state index contributed by atoms with van der Waals surface area (Å²) in [5.41, 5.74) is 5.31. The molecule has 0 unspecified atom stereocenters. The topological polar surface area (TPSA) is 81.9 Å². The first-order valence-electron chi connectivity index (χ1n) is 11.4. The number of thioether (sulfide) groups is 1. The predicted octanol–water partition coefficient (Wildman–Crippen LogP) is 5.99. The first-order chi connectivity index (χ1) is 16.8. The number of amides is 1. The van der Waals surface area contributed by atoms with Crippen molar-refractivity contribution < 1.29 is 9.53 Å². The fourth-order valence-electron chi connectivity index (χ4n) is 3.31. The highest BCUT2D eigenvalue weighted by atomic mass is 32.2. The predicted molar refractivity (Wildman–Crippen MR) is 143 cm³/mol. The number of nitrogens with one attached hydrogen (secondary N) is 1. The summed E-state index contributed by atoms with van der Waals surface area (Å²) in [4.78, 5) is 17.1. The SMILES string of the molecule is Cc1ccc(-c2csc(NC(=O)CSc3nnc(-c4ccc(OCC(C)C)cc4)n3C)n2)cc1C. The zero-order valence-electron chi connectivity index (χ0n) is 20.5. The molecular weight excluding hydrogens is 478 g/mol. The Balaban J connectivity index is 1.34. The van der Waals surface area contributed by atoms with E-state index in [1.165, 1.54) is 34.2 Å². The van der Waals surface area contributed by atoms with Crippen LogP contribution in [0.5, 0.6) is 5.75 Å². The molecule has 0 bridgehead atoms. The second-order valence-corrected chi connectivity index (χ2v) is 10.6. The average molecular weight is 508 g/mol. The molecule has 9 heteroatoms. The molecule has 4 rings (SSSR count). The van der Waals surface area contributed by atoms with Crippen LogP contribution in [-0.2, 0) is 11.8 Å². The van der Waals surface area contributed by atoms with Crippen molar-refractivity contribution in [2.24, 2.45) is 13.0 Å². The Hall–Kier alpha value is -3.17. The first-order valence-corrected chi connectivity index (χ1v) is 13.2. The first kappa shape index (κ1) is 24.9. The van der Waals surface area contributed by atoms with Crippen LogP contribution in [0.2, 0.25) is 0 Å². The summed E-state index contributed by atoms with van der Waals surface area (Å²) in [5.74, 6) is 2.12. The number of hydrogen-bond acceptors (Lipinski definition) is 7. The standard InChI is InChI=1S/C26H29N5O2S2/c1-16(2)13-33-21-10-8-19(9-11-21)24-29-30-26(31(24)5)35-15-23(32)28-25-27-22(14-34-25)20-7-6-17(3)18(4)12-20/h6-12,14,16H,13,15H2,1-5H3,(H,27,28,32). The molecule has 0 aliphatic heterocycles. The van der Waals surface area contributed by atoms with Crippen LogP contribution in [0.25, 0.3) is 22.6 Å². The van der Waals surface area contributed by atoms with Crippen LogP contribution in [0.15, 0.2) is 53.0 Å². The van der Waals surface area contributed by atoms with Gasteiger partial charge < -0.3 is 14.6 Å². The molecule has 1 N–H and O–H groups in total. The molecule has 0 aliphatic carbocycles. The number of anilines is 1. The molecule has 0 fully saturated rings. The van der Waals surface area contributed by atoms with Gasteiger partial charge in [-0.3, -0.25) is 4.79 Å². The van der Waals surface area contributed by atoms with Crippen LogP contribution in [0.1, 0.15) is 25.0 Å². The number of benzene rings is 2. The normalized spacial score (nSPS) is 11.1. The molecule has 2 aromatic heterocycles. The Morgan fingerprint density at radius 3 is 2.54 bits per heavy atom. The van der Waals surface area contributed by atoms with Gasteiger partial charge in [0.05, 0.1) is 18.1 Å².